The zero-order valence-electron chi connectivity index (χ0n) is 11.6. The molecular weight excluding hydrogens is 241 g/mol. The summed E-state index contributed by atoms with van der Waals surface area (Å²) in [7, 11) is 0. The van der Waals surface area contributed by atoms with Crippen LogP contribution in [0.25, 0.3) is 0 Å². The van der Waals surface area contributed by atoms with Crippen molar-refractivity contribution >= 4 is 5.84 Å². The number of nitrogens with one attached hydrogen (secondary N) is 1. The molecule has 104 valence electrons. The molecule has 4 heteroatoms. The van der Waals surface area contributed by atoms with Crippen LogP contribution in [0.5, 0.6) is 0 Å². The summed E-state index contributed by atoms with van der Waals surface area (Å²) in [5, 5.41) is 7.43. The van der Waals surface area contributed by atoms with Crippen molar-refractivity contribution in [3.05, 3.63) is 35.1 Å². The van der Waals surface area contributed by atoms with E-state index in [2.05, 4.69) is 18.7 Å². The number of rotatable bonds is 3. The lowest BCUT2D eigenvalue weighted by Gasteiger charge is -2.39. The van der Waals surface area contributed by atoms with Crippen LogP contribution >= 0.6 is 0 Å². The molecule has 3 nitrogen and oxygen atoms in total. The normalized spacial score (nSPS) is 24.4. The number of halogens is 1. The second-order valence-electron chi connectivity index (χ2n) is 5.56. The van der Waals surface area contributed by atoms with Crippen LogP contribution in [-0.4, -0.2) is 22.8 Å². The predicted molar refractivity (Wildman–Crippen MR) is 75.7 cm³/mol. The smallest absolute Gasteiger partial charge is 0.124 e. The molecule has 3 N–H and O–H groups in total. The van der Waals surface area contributed by atoms with Gasteiger partial charge in [0.25, 0.3) is 0 Å². The second-order valence-corrected chi connectivity index (χ2v) is 5.56. The lowest BCUT2D eigenvalue weighted by molar-refractivity contribution is 0.0952. The van der Waals surface area contributed by atoms with Crippen molar-refractivity contribution in [2.45, 2.75) is 51.7 Å². The van der Waals surface area contributed by atoms with E-state index in [9.17, 15) is 4.39 Å². The summed E-state index contributed by atoms with van der Waals surface area (Å²) in [6, 6.07) is 5.72. The van der Waals surface area contributed by atoms with Crippen LogP contribution in [0.2, 0.25) is 0 Å². The van der Waals surface area contributed by atoms with Crippen molar-refractivity contribution in [1.29, 1.82) is 5.41 Å². The summed E-state index contributed by atoms with van der Waals surface area (Å²) in [5.41, 5.74) is 6.80. The second kappa shape index (κ2) is 5.70. The molecule has 1 aromatic rings. The van der Waals surface area contributed by atoms with Gasteiger partial charge in [-0.3, -0.25) is 10.3 Å². The minimum Gasteiger partial charge on any atom is -0.384 e. The number of nitrogens with two attached hydrogens (primary N) is 1. The maximum atomic E-state index is 13.6. The Bertz CT molecular complexity index is 462. The zero-order valence-corrected chi connectivity index (χ0v) is 11.6. The first-order valence-corrected chi connectivity index (χ1v) is 6.87. The van der Waals surface area contributed by atoms with E-state index in [1.54, 1.807) is 6.07 Å². The molecule has 0 aromatic heterocycles. The van der Waals surface area contributed by atoms with E-state index in [1.807, 2.05) is 6.07 Å². The SMILES string of the molecule is CC1CCCC(C)N1Cc1cc(F)cc(C(=N)N)c1. The average molecular weight is 263 g/mol. The van der Waals surface area contributed by atoms with Crippen molar-refractivity contribution in [3.8, 4) is 0 Å². The highest BCUT2D eigenvalue weighted by Crippen LogP contribution is 2.25. The van der Waals surface area contributed by atoms with Crippen LogP contribution in [0.15, 0.2) is 18.2 Å². The van der Waals surface area contributed by atoms with Gasteiger partial charge in [0.15, 0.2) is 0 Å². The Morgan fingerprint density at radius 1 is 1.32 bits per heavy atom. The zero-order chi connectivity index (χ0) is 14.0. The van der Waals surface area contributed by atoms with E-state index >= 15 is 0 Å². The largest absolute Gasteiger partial charge is 0.384 e. The molecule has 0 saturated carbocycles. The Morgan fingerprint density at radius 3 is 2.53 bits per heavy atom. The number of benzene rings is 1. The highest BCUT2D eigenvalue weighted by atomic mass is 19.1. The van der Waals surface area contributed by atoms with Crippen LogP contribution in [0.1, 0.15) is 44.2 Å². The quantitative estimate of drug-likeness (QED) is 0.651. The fourth-order valence-corrected chi connectivity index (χ4v) is 2.89. The van der Waals surface area contributed by atoms with Gasteiger partial charge in [-0.25, -0.2) is 4.39 Å². The fourth-order valence-electron chi connectivity index (χ4n) is 2.89. The molecular formula is C15H22FN3. The topological polar surface area (TPSA) is 53.1 Å². The molecule has 0 aliphatic carbocycles. The Labute approximate surface area is 114 Å². The summed E-state index contributed by atoms with van der Waals surface area (Å²) >= 11 is 0. The van der Waals surface area contributed by atoms with E-state index in [4.69, 9.17) is 11.1 Å². The molecule has 0 radical (unpaired) electrons. The third kappa shape index (κ3) is 3.32. The monoisotopic (exact) mass is 263 g/mol. The van der Waals surface area contributed by atoms with Gasteiger partial charge in [0.1, 0.15) is 11.7 Å². The summed E-state index contributed by atoms with van der Waals surface area (Å²) in [4.78, 5) is 2.40. The predicted octanol–water partition coefficient (Wildman–Crippen LogP) is 2.87. The molecule has 1 aliphatic rings. The average Bonchev–Trinajstić information content (AvgIpc) is 2.33. The Kier molecular flexibility index (Phi) is 4.20. The summed E-state index contributed by atoms with van der Waals surface area (Å²) in [6.45, 7) is 5.17. The van der Waals surface area contributed by atoms with Gasteiger partial charge in [-0.15, -0.1) is 0 Å². The van der Waals surface area contributed by atoms with E-state index in [1.165, 1.54) is 25.3 Å². The van der Waals surface area contributed by atoms with Gasteiger partial charge in [-0.1, -0.05) is 6.42 Å². The molecule has 2 rings (SSSR count). The minimum absolute atomic E-state index is 0.0829. The first-order valence-electron chi connectivity index (χ1n) is 6.87. The number of nitrogen functional groups attached to an aromatic ring is 1. The molecule has 1 saturated heterocycles. The highest BCUT2D eigenvalue weighted by molar-refractivity contribution is 5.95. The van der Waals surface area contributed by atoms with Gasteiger partial charge in [0, 0.05) is 24.2 Å². The minimum atomic E-state index is -0.319. The van der Waals surface area contributed by atoms with Crippen LogP contribution < -0.4 is 5.73 Å². The van der Waals surface area contributed by atoms with Gasteiger partial charge in [-0.05, 0) is 50.5 Å². The molecule has 1 aromatic carbocycles. The van der Waals surface area contributed by atoms with Gasteiger partial charge < -0.3 is 5.73 Å². The van der Waals surface area contributed by atoms with Gasteiger partial charge in [-0.2, -0.15) is 0 Å². The van der Waals surface area contributed by atoms with Gasteiger partial charge in [0.05, 0.1) is 0 Å². The van der Waals surface area contributed by atoms with E-state index in [-0.39, 0.29) is 11.7 Å². The first-order chi connectivity index (χ1) is 8.97. The van der Waals surface area contributed by atoms with Crippen molar-refractivity contribution in [2.75, 3.05) is 0 Å². The van der Waals surface area contributed by atoms with Crippen LogP contribution in [0.4, 0.5) is 4.39 Å². The highest BCUT2D eigenvalue weighted by Gasteiger charge is 2.24. The summed E-state index contributed by atoms with van der Waals surface area (Å²) in [6.07, 6.45) is 3.65. The van der Waals surface area contributed by atoms with Crippen molar-refractivity contribution < 1.29 is 4.39 Å². The first kappa shape index (κ1) is 14.0. The maximum Gasteiger partial charge on any atom is 0.124 e. The van der Waals surface area contributed by atoms with Crippen LogP contribution in [0.3, 0.4) is 0 Å². The van der Waals surface area contributed by atoms with Crippen molar-refractivity contribution in [2.24, 2.45) is 5.73 Å². The number of amidine groups is 1. The van der Waals surface area contributed by atoms with E-state index < -0.39 is 0 Å². The summed E-state index contributed by atoms with van der Waals surface area (Å²) in [5.74, 6) is -0.402. The molecule has 0 spiro atoms. The number of hydrogen-bond donors (Lipinski definition) is 2. The van der Waals surface area contributed by atoms with Crippen molar-refractivity contribution in [1.82, 2.24) is 4.90 Å². The van der Waals surface area contributed by atoms with Gasteiger partial charge >= 0.3 is 0 Å². The molecule has 19 heavy (non-hydrogen) atoms. The molecule has 1 aliphatic heterocycles. The lowest BCUT2D eigenvalue weighted by Crippen LogP contribution is -2.43. The number of likely N-dealkylation sites (tertiary alicyclic amines) is 1. The Morgan fingerprint density at radius 2 is 1.95 bits per heavy atom. The molecule has 0 bridgehead atoms. The molecule has 1 heterocycles. The van der Waals surface area contributed by atoms with E-state index in [0.717, 1.165) is 12.1 Å². The lowest BCUT2D eigenvalue weighted by atomic mass is 9.96. The fraction of sp³-hybridized carbons (Fsp3) is 0.533. The number of piperidine rings is 1. The molecule has 0 amide bonds. The summed E-state index contributed by atoms with van der Waals surface area (Å²) < 4.78 is 13.6. The standard InChI is InChI=1S/C15H22FN3/c1-10-4-3-5-11(2)19(10)9-12-6-13(15(17)18)8-14(16)7-12/h6-8,10-11H,3-5,9H2,1-2H3,(H3,17,18). The molecule has 2 unspecified atom stereocenters. The third-order valence-electron chi connectivity index (χ3n) is 4.01. The van der Waals surface area contributed by atoms with Crippen molar-refractivity contribution in [3.63, 3.8) is 0 Å². The van der Waals surface area contributed by atoms with Crippen LogP contribution in [0, 0.1) is 11.2 Å². The third-order valence-corrected chi connectivity index (χ3v) is 4.01. The number of hydrogen-bond acceptors (Lipinski definition) is 2. The van der Waals surface area contributed by atoms with Gasteiger partial charge in [0.2, 0.25) is 0 Å². The van der Waals surface area contributed by atoms with E-state index in [0.29, 0.717) is 17.6 Å². The van der Waals surface area contributed by atoms with Crippen LogP contribution in [-0.2, 0) is 6.54 Å². The molecule has 2 atom stereocenters. The number of nitrogens with zero attached hydrogens (tertiary/aromatic N) is 1. The maximum absolute atomic E-state index is 13.6. The molecule has 1 fully saturated rings. The Hall–Kier alpha value is -1.42. The Balaban J connectivity index is 2.20.